The van der Waals surface area contributed by atoms with Crippen LogP contribution in [0.3, 0.4) is 0 Å². The number of hydrogen-bond donors (Lipinski definition) is 2. The molecular formula is C19H20N2O4. The highest BCUT2D eigenvalue weighted by Crippen LogP contribution is 2.21. The summed E-state index contributed by atoms with van der Waals surface area (Å²) >= 11 is 0. The molecule has 0 spiro atoms. The molecule has 0 bridgehead atoms. The standard InChI is InChI=1S/C19H20N2O4/c1-12-8-7-11-15(13(12)2)18(23)25-16(14-9-5-4-6-10-14)17(22)21-19(24)20-3/h4-11,16H,1-3H3,(H2,20,21,22,24)/t16-/m0/s1. The Hall–Kier alpha value is -3.15. The van der Waals surface area contributed by atoms with E-state index in [9.17, 15) is 14.4 Å². The molecule has 0 aromatic heterocycles. The average Bonchev–Trinajstić information content (AvgIpc) is 2.62. The lowest BCUT2D eigenvalue weighted by Gasteiger charge is -2.18. The van der Waals surface area contributed by atoms with Crippen LogP contribution in [0.2, 0.25) is 0 Å². The summed E-state index contributed by atoms with van der Waals surface area (Å²) in [5.74, 6) is -1.34. The van der Waals surface area contributed by atoms with Crippen molar-refractivity contribution in [2.75, 3.05) is 7.05 Å². The fraction of sp³-hybridized carbons (Fsp3) is 0.211. The molecule has 0 aliphatic rings. The molecule has 0 saturated carbocycles. The molecule has 0 heterocycles. The van der Waals surface area contributed by atoms with Crippen molar-refractivity contribution in [1.82, 2.24) is 10.6 Å². The Morgan fingerprint density at radius 1 is 0.960 bits per heavy atom. The van der Waals surface area contributed by atoms with Gasteiger partial charge in [0.15, 0.2) is 0 Å². The number of benzene rings is 2. The summed E-state index contributed by atoms with van der Waals surface area (Å²) in [5, 5.41) is 4.44. The molecule has 6 heteroatoms. The van der Waals surface area contributed by atoms with Crippen molar-refractivity contribution in [2.24, 2.45) is 0 Å². The Morgan fingerprint density at radius 2 is 1.64 bits per heavy atom. The van der Waals surface area contributed by atoms with Crippen molar-refractivity contribution in [2.45, 2.75) is 20.0 Å². The fourth-order valence-electron chi connectivity index (χ4n) is 2.28. The third kappa shape index (κ3) is 4.44. The molecule has 0 aliphatic heterocycles. The summed E-state index contributed by atoms with van der Waals surface area (Å²) in [5.41, 5.74) is 2.59. The number of carbonyl (C=O) groups is 3. The van der Waals surface area contributed by atoms with E-state index in [2.05, 4.69) is 10.6 Å². The number of urea groups is 1. The van der Waals surface area contributed by atoms with Gasteiger partial charge in [-0.25, -0.2) is 9.59 Å². The van der Waals surface area contributed by atoms with Crippen LogP contribution >= 0.6 is 0 Å². The van der Waals surface area contributed by atoms with Gasteiger partial charge >= 0.3 is 12.0 Å². The Labute approximate surface area is 146 Å². The summed E-state index contributed by atoms with van der Waals surface area (Å²) in [6, 6.07) is 13.2. The van der Waals surface area contributed by atoms with Crippen molar-refractivity contribution < 1.29 is 19.1 Å². The highest BCUT2D eigenvalue weighted by Gasteiger charge is 2.27. The van der Waals surface area contributed by atoms with Gasteiger partial charge in [-0.1, -0.05) is 42.5 Å². The maximum absolute atomic E-state index is 12.6. The lowest BCUT2D eigenvalue weighted by atomic mass is 10.0. The third-order valence-electron chi connectivity index (χ3n) is 3.85. The monoisotopic (exact) mass is 340 g/mol. The van der Waals surface area contributed by atoms with Gasteiger partial charge in [-0.2, -0.15) is 0 Å². The highest BCUT2D eigenvalue weighted by molar-refractivity contribution is 5.99. The van der Waals surface area contributed by atoms with Gasteiger partial charge in [-0.05, 0) is 31.0 Å². The van der Waals surface area contributed by atoms with Crippen molar-refractivity contribution in [3.63, 3.8) is 0 Å². The topological polar surface area (TPSA) is 84.5 Å². The van der Waals surface area contributed by atoms with Gasteiger partial charge in [0.25, 0.3) is 5.91 Å². The minimum Gasteiger partial charge on any atom is -0.444 e. The van der Waals surface area contributed by atoms with E-state index in [-0.39, 0.29) is 0 Å². The number of esters is 1. The Morgan fingerprint density at radius 3 is 2.28 bits per heavy atom. The minimum absolute atomic E-state index is 0.383. The van der Waals surface area contributed by atoms with Gasteiger partial charge in [-0.15, -0.1) is 0 Å². The lowest BCUT2D eigenvalue weighted by Crippen LogP contribution is -2.41. The van der Waals surface area contributed by atoms with Crippen LogP contribution in [-0.4, -0.2) is 25.0 Å². The zero-order valence-corrected chi connectivity index (χ0v) is 14.3. The summed E-state index contributed by atoms with van der Waals surface area (Å²) in [6.07, 6.45) is -1.23. The van der Waals surface area contributed by atoms with E-state index >= 15 is 0 Å². The predicted octanol–water partition coefficient (Wildman–Crippen LogP) is 2.66. The highest BCUT2D eigenvalue weighted by atomic mass is 16.5. The molecule has 25 heavy (non-hydrogen) atoms. The molecule has 6 nitrogen and oxygen atoms in total. The second-order valence-electron chi connectivity index (χ2n) is 5.51. The van der Waals surface area contributed by atoms with E-state index in [0.29, 0.717) is 11.1 Å². The van der Waals surface area contributed by atoms with Gasteiger partial charge in [0.05, 0.1) is 5.56 Å². The van der Waals surface area contributed by atoms with E-state index in [0.717, 1.165) is 11.1 Å². The molecule has 0 fully saturated rings. The van der Waals surface area contributed by atoms with E-state index in [1.165, 1.54) is 7.05 Å². The molecular weight excluding hydrogens is 320 g/mol. The van der Waals surface area contributed by atoms with Crippen LogP contribution in [-0.2, 0) is 9.53 Å². The normalized spacial score (nSPS) is 11.3. The second kappa shape index (κ2) is 8.10. The van der Waals surface area contributed by atoms with Gasteiger partial charge < -0.3 is 10.1 Å². The van der Waals surface area contributed by atoms with Crippen molar-refractivity contribution in [3.05, 3.63) is 70.8 Å². The third-order valence-corrected chi connectivity index (χ3v) is 3.85. The molecule has 0 saturated heterocycles. The maximum Gasteiger partial charge on any atom is 0.339 e. The molecule has 130 valence electrons. The van der Waals surface area contributed by atoms with E-state index in [1.54, 1.807) is 42.5 Å². The molecule has 1 atom stereocenters. The first-order valence-corrected chi connectivity index (χ1v) is 7.78. The first-order valence-electron chi connectivity index (χ1n) is 7.78. The zero-order chi connectivity index (χ0) is 18.4. The molecule has 2 aromatic rings. The number of aryl methyl sites for hydroxylation is 1. The van der Waals surface area contributed by atoms with Crippen LogP contribution in [0.25, 0.3) is 0 Å². The fourth-order valence-corrected chi connectivity index (χ4v) is 2.28. The number of rotatable bonds is 4. The molecule has 2 aromatic carbocycles. The SMILES string of the molecule is CNC(=O)NC(=O)[C@@H](OC(=O)c1cccc(C)c1C)c1ccccc1. The number of hydrogen-bond acceptors (Lipinski definition) is 4. The minimum atomic E-state index is -1.23. The van der Waals surface area contributed by atoms with E-state index < -0.39 is 24.0 Å². The molecule has 2 N–H and O–H groups in total. The summed E-state index contributed by atoms with van der Waals surface area (Å²) < 4.78 is 5.43. The molecule has 0 aliphatic carbocycles. The smallest absolute Gasteiger partial charge is 0.339 e. The Bertz CT molecular complexity index is 787. The summed E-state index contributed by atoms with van der Waals surface area (Å²) in [7, 11) is 1.39. The molecule has 0 radical (unpaired) electrons. The van der Waals surface area contributed by atoms with Gasteiger partial charge in [0, 0.05) is 12.6 Å². The first-order chi connectivity index (χ1) is 11.9. The van der Waals surface area contributed by atoms with Crippen molar-refractivity contribution in [3.8, 4) is 0 Å². The largest absolute Gasteiger partial charge is 0.444 e. The van der Waals surface area contributed by atoms with Crippen LogP contribution in [0.5, 0.6) is 0 Å². The number of nitrogens with one attached hydrogen (secondary N) is 2. The molecule has 3 amide bonds. The second-order valence-corrected chi connectivity index (χ2v) is 5.51. The zero-order valence-electron chi connectivity index (χ0n) is 14.3. The Kier molecular flexibility index (Phi) is 5.89. The molecule has 2 rings (SSSR count). The molecule has 0 unspecified atom stereocenters. The van der Waals surface area contributed by atoms with Crippen molar-refractivity contribution in [1.29, 1.82) is 0 Å². The van der Waals surface area contributed by atoms with Crippen LogP contribution < -0.4 is 10.6 Å². The van der Waals surface area contributed by atoms with Gasteiger partial charge in [-0.3, -0.25) is 10.1 Å². The summed E-state index contributed by atoms with van der Waals surface area (Å²) in [4.78, 5) is 36.4. The van der Waals surface area contributed by atoms with Crippen LogP contribution in [0.15, 0.2) is 48.5 Å². The average molecular weight is 340 g/mol. The van der Waals surface area contributed by atoms with Gasteiger partial charge in [0.2, 0.25) is 6.10 Å². The quantitative estimate of drug-likeness (QED) is 0.838. The van der Waals surface area contributed by atoms with Crippen LogP contribution in [0.4, 0.5) is 4.79 Å². The Balaban J connectivity index is 2.30. The predicted molar refractivity (Wildman–Crippen MR) is 93.1 cm³/mol. The number of carbonyl (C=O) groups excluding carboxylic acids is 3. The van der Waals surface area contributed by atoms with Crippen LogP contribution in [0, 0.1) is 13.8 Å². The van der Waals surface area contributed by atoms with Crippen LogP contribution in [0.1, 0.15) is 33.2 Å². The lowest BCUT2D eigenvalue weighted by molar-refractivity contribution is -0.129. The number of imide groups is 1. The summed E-state index contributed by atoms with van der Waals surface area (Å²) in [6.45, 7) is 3.70. The van der Waals surface area contributed by atoms with Crippen molar-refractivity contribution >= 4 is 17.9 Å². The first kappa shape index (κ1) is 18.2. The van der Waals surface area contributed by atoms with E-state index in [1.807, 2.05) is 19.9 Å². The van der Waals surface area contributed by atoms with E-state index in [4.69, 9.17) is 4.74 Å². The maximum atomic E-state index is 12.6. The number of amides is 3. The number of ether oxygens (including phenoxy) is 1. The van der Waals surface area contributed by atoms with Gasteiger partial charge in [0.1, 0.15) is 0 Å².